The Morgan fingerprint density at radius 2 is 1.70 bits per heavy atom. The molecule has 0 spiro atoms. The van der Waals surface area contributed by atoms with Crippen molar-refractivity contribution in [3.05, 3.63) is 47.8 Å². The van der Waals surface area contributed by atoms with E-state index in [1.54, 1.807) is 6.92 Å². The van der Waals surface area contributed by atoms with E-state index in [-0.39, 0.29) is 42.0 Å². The summed E-state index contributed by atoms with van der Waals surface area (Å²) in [6.45, 7) is 1.61. The first kappa shape index (κ1) is 34.9. The molecule has 17 heteroatoms. The normalized spacial score (nSPS) is 26.7. The fourth-order valence-electron chi connectivity index (χ4n) is 5.53. The molecule has 2 aromatic carbocycles. The second-order valence-electron chi connectivity index (χ2n) is 11.5. The highest BCUT2D eigenvalue weighted by molar-refractivity contribution is 7.92. The van der Waals surface area contributed by atoms with Gasteiger partial charge >= 0.3 is 11.5 Å². The standard InChI is InChI=1S/C29H32F4N2O10S/c1-28(27(40)41)8-6-15(7-9-28)45-22-12-17(21(44-2)13-19(22)30)25(38)35-23-18(11-20(36)24(23)37)26(39)34-14-4-3-5-16(10-14)46(42,43)29(31,32)33/h3-5,10,12-13,15,18,20,23-24,36-37H,6-9,11H2,1-2H3,(H,34,39)(H,35,38)(H,40,41)/t15-,18-,20-,23-,24-,28+/m1/s1. The van der Waals surface area contributed by atoms with E-state index >= 15 is 0 Å². The Bertz CT molecular complexity index is 1610. The van der Waals surface area contributed by atoms with E-state index in [2.05, 4.69) is 10.6 Å². The molecule has 252 valence electrons. The van der Waals surface area contributed by atoms with Crippen LogP contribution in [0.25, 0.3) is 0 Å². The first-order valence-corrected chi connectivity index (χ1v) is 15.5. The number of benzene rings is 2. The van der Waals surface area contributed by atoms with Crippen LogP contribution in [0.1, 0.15) is 49.4 Å². The molecule has 0 heterocycles. The van der Waals surface area contributed by atoms with E-state index < -0.39 is 79.5 Å². The van der Waals surface area contributed by atoms with E-state index in [9.17, 15) is 55.7 Å². The Morgan fingerprint density at radius 3 is 2.28 bits per heavy atom. The van der Waals surface area contributed by atoms with E-state index in [1.807, 2.05) is 0 Å². The number of carbonyl (C=O) groups is 3. The minimum Gasteiger partial charge on any atom is -0.496 e. The average molecular weight is 677 g/mol. The van der Waals surface area contributed by atoms with Gasteiger partial charge in [0.2, 0.25) is 5.91 Å². The van der Waals surface area contributed by atoms with Gasteiger partial charge in [0.25, 0.3) is 15.7 Å². The third kappa shape index (κ3) is 7.05. The van der Waals surface area contributed by atoms with Gasteiger partial charge in [-0.25, -0.2) is 12.8 Å². The summed E-state index contributed by atoms with van der Waals surface area (Å²) >= 11 is 0. The molecule has 2 aliphatic carbocycles. The summed E-state index contributed by atoms with van der Waals surface area (Å²) < 4.78 is 88.4. The summed E-state index contributed by atoms with van der Waals surface area (Å²) in [5, 5.41) is 35.0. The lowest BCUT2D eigenvalue weighted by Gasteiger charge is -2.34. The van der Waals surface area contributed by atoms with Gasteiger partial charge in [-0.05, 0) is 63.3 Å². The molecule has 46 heavy (non-hydrogen) atoms. The Labute approximate surface area is 260 Å². The van der Waals surface area contributed by atoms with E-state index in [0.717, 1.165) is 31.4 Å². The van der Waals surface area contributed by atoms with Gasteiger partial charge in [0.1, 0.15) is 11.9 Å². The van der Waals surface area contributed by atoms with Crippen LogP contribution in [-0.2, 0) is 19.4 Å². The first-order chi connectivity index (χ1) is 21.4. The van der Waals surface area contributed by atoms with Gasteiger partial charge < -0.3 is 35.4 Å². The molecule has 2 fully saturated rings. The highest BCUT2D eigenvalue weighted by Crippen LogP contribution is 2.39. The van der Waals surface area contributed by atoms with Crippen LogP contribution >= 0.6 is 0 Å². The molecule has 2 amide bonds. The smallest absolute Gasteiger partial charge is 0.496 e. The van der Waals surface area contributed by atoms with Crippen LogP contribution in [0.3, 0.4) is 0 Å². The molecular formula is C29H32F4N2O10S. The van der Waals surface area contributed by atoms with Crippen molar-refractivity contribution < 1.29 is 65.2 Å². The molecule has 0 saturated heterocycles. The molecular weight excluding hydrogens is 644 g/mol. The number of sulfone groups is 1. The van der Waals surface area contributed by atoms with Gasteiger partial charge in [-0.1, -0.05) is 6.07 Å². The van der Waals surface area contributed by atoms with Crippen molar-refractivity contribution in [1.29, 1.82) is 0 Å². The summed E-state index contributed by atoms with van der Waals surface area (Å²) in [5.41, 5.74) is -7.12. The summed E-state index contributed by atoms with van der Waals surface area (Å²) in [7, 11) is -4.56. The largest absolute Gasteiger partial charge is 0.501 e. The number of nitrogens with one attached hydrogen (secondary N) is 2. The van der Waals surface area contributed by atoms with E-state index in [0.29, 0.717) is 25.0 Å². The Hall–Kier alpha value is -3.96. The maximum atomic E-state index is 14.9. The number of aliphatic carboxylic acids is 1. The van der Waals surface area contributed by atoms with Crippen molar-refractivity contribution >= 4 is 33.3 Å². The van der Waals surface area contributed by atoms with Crippen LogP contribution in [0.4, 0.5) is 23.2 Å². The van der Waals surface area contributed by atoms with Crippen LogP contribution in [0.2, 0.25) is 0 Å². The van der Waals surface area contributed by atoms with Crippen LogP contribution < -0.4 is 20.1 Å². The van der Waals surface area contributed by atoms with Crippen molar-refractivity contribution in [2.45, 2.75) is 73.8 Å². The highest BCUT2D eigenvalue weighted by Gasteiger charge is 2.48. The monoisotopic (exact) mass is 676 g/mol. The minimum absolute atomic E-state index is 0.235. The lowest BCUT2D eigenvalue weighted by Crippen LogP contribution is -2.48. The fourth-order valence-corrected chi connectivity index (χ4v) is 6.34. The Balaban J connectivity index is 1.52. The van der Waals surface area contributed by atoms with Crippen molar-refractivity contribution in [1.82, 2.24) is 5.32 Å². The summed E-state index contributed by atoms with van der Waals surface area (Å²) in [6, 6.07) is 3.88. The summed E-state index contributed by atoms with van der Waals surface area (Å²) in [4.78, 5) is 36.9. The van der Waals surface area contributed by atoms with Gasteiger partial charge in [-0.15, -0.1) is 0 Å². The van der Waals surface area contributed by atoms with Gasteiger partial charge in [0.15, 0.2) is 11.6 Å². The number of aliphatic hydroxyl groups is 2. The number of amides is 2. The quantitative estimate of drug-likeness (QED) is 0.247. The van der Waals surface area contributed by atoms with Crippen LogP contribution in [0.5, 0.6) is 11.5 Å². The third-order valence-corrected chi connectivity index (χ3v) is 9.87. The molecule has 5 N–H and O–H groups in total. The van der Waals surface area contributed by atoms with Crippen LogP contribution in [0.15, 0.2) is 41.3 Å². The third-order valence-electron chi connectivity index (χ3n) is 8.39. The molecule has 4 rings (SSSR count). The van der Waals surface area contributed by atoms with Gasteiger partial charge in [-0.3, -0.25) is 14.4 Å². The van der Waals surface area contributed by atoms with Gasteiger partial charge in [-0.2, -0.15) is 13.2 Å². The Kier molecular flexibility index (Phi) is 9.89. The lowest BCUT2D eigenvalue weighted by molar-refractivity contribution is -0.150. The first-order valence-electron chi connectivity index (χ1n) is 14.0. The number of alkyl halides is 3. The number of hydrogen-bond donors (Lipinski definition) is 5. The predicted octanol–water partition coefficient (Wildman–Crippen LogP) is 3.02. The lowest BCUT2D eigenvalue weighted by atomic mass is 9.75. The molecule has 12 nitrogen and oxygen atoms in total. The molecule has 0 aliphatic heterocycles. The Morgan fingerprint density at radius 1 is 1.04 bits per heavy atom. The van der Waals surface area contributed by atoms with Crippen molar-refractivity contribution in [3.8, 4) is 11.5 Å². The average Bonchev–Trinajstić information content (AvgIpc) is 3.27. The number of hydrogen-bond acceptors (Lipinski definition) is 9. The zero-order chi connectivity index (χ0) is 34.2. The van der Waals surface area contributed by atoms with E-state index in [1.165, 1.54) is 0 Å². The number of aliphatic hydroxyl groups excluding tert-OH is 2. The molecule has 2 saturated carbocycles. The molecule has 0 radical (unpaired) electrons. The number of methoxy groups -OCH3 is 1. The zero-order valence-electron chi connectivity index (χ0n) is 24.5. The van der Waals surface area contributed by atoms with Crippen molar-refractivity contribution in [2.24, 2.45) is 11.3 Å². The second-order valence-corrected chi connectivity index (χ2v) is 13.5. The highest BCUT2D eigenvalue weighted by atomic mass is 32.2. The SMILES string of the molecule is COc1cc(F)c(O[C@H]2CC[C@@](C)(C(=O)O)CC2)cc1C(=O)N[C@H]1[C@H](O)[C@H](O)C[C@H]1C(=O)Nc1cccc(S(=O)(=O)C(F)(F)F)c1. The number of carboxylic acids is 1. The van der Waals surface area contributed by atoms with Crippen LogP contribution in [0, 0.1) is 17.2 Å². The number of carboxylic acid groups (broad SMARTS) is 1. The number of rotatable bonds is 9. The number of anilines is 1. The van der Waals surface area contributed by atoms with Crippen molar-refractivity contribution in [2.75, 3.05) is 12.4 Å². The fraction of sp³-hybridized carbons (Fsp3) is 0.483. The van der Waals surface area contributed by atoms with E-state index in [4.69, 9.17) is 9.47 Å². The maximum absolute atomic E-state index is 14.9. The topological polar surface area (TPSA) is 189 Å². The molecule has 0 aromatic heterocycles. The zero-order valence-corrected chi connectivity index (χ0v) is 25.3. The number of halogens is 4. The summed E-state index contributed by atoms with van der Waals surface area (Å²) in [5.74, 6) is -5.64. The summed E-state index contributed by atoms with van der Waals surface area (Å²) in [6.07, 6.45) is -2.93. The predicted molar refractivity (Wildman–Crippen MR) is 151 cm³/mol. The number of ether oxygens (including phenoxy) is 2. The molecule has 4 atom stereocenters. The van der Waals surface area contributed by atoms with Gasteiger partial charge in [0.05, 0.1) is 47.2 Å². The second kappa shape index (κ2) is 13.0. The van der Waals surface area contributed by atoms with Crippen LogP contribution in [-0.4, -0.2) is 78.5 Å². The minimum atomic E-state index is -5.72. The molecule has 0 unspecified atom stereocenters. The molecule has 2 aromatic rings. The van der Waals surface area contributed by atoms with Gasteiger partial charge in [0, 0.05) is 11.8 Å². The molecule has 0 bridgehead atoms. The van der Waals surface area contributed by atoms with Crippen molar-refractivity contribution in [3.63, 3.8) is 0 Å². The maximum Gasteiger partial charge on any atom is 0.501 e. The number of carbonyl (C=O) groups excluding carboxylic acids is 2. The molecule has 2 aliphatic rings.